The lowest BCUT2D eigenvalue weighted by Crippen LogP contribution is -2.13. The quantitative estimate of drug-likeness (QED) is 0.607. The van der Waals surface area contributed by atoms with E-state index < -0.39 is 0 Å². The fourth-order valence-corrected chi connectivity index (χ4v) is 1.83. The monoisotopic (exact) mass is 182 g/mol. The van der Waals surface area contributed by atoms with Crippen molar-refractivity contribution in [3.63, 3.8) is 0 Å². The minimum atomic E-state index is -0.336. The molecule has 0 heterocycles. The second-order valence-corrected chi connectivity index (χ2v) is 4.11. The van der Waals surface area contributed by atoms with Gasteiger partial charge in [-0.15, -0.1) is 11.8 Å². The third-order valence-corrected chi connectivity index (χ3v) is 3.33. The maximum atomic E-state index is 12.1. The zero-order chi connectivity index (χ0) is 8.69. The first-order valence-electron chi connectivity index (χ1n) is 4.05. The normalized spacial score (nSPS) is 16.4. The van der Waals surface area contributed by atoms with E-state index in [1.807, 2.05) is 13.8 Å². The Morgan fingerprint density at radius 3 is 1.55 bits per heavy atom. The van der Waals surface area contributed by atoms with E-state index in [-0.39, 0.29) is 23.8 Å². The Hall–Kier alpha value is 0.210. The molecule has 0 fully saturated rings. The molecule has 0 aliphatic heterocycles. The van der Waals surface area contributed by atoms with Crippen LogP contribution in [-0.2, 0) is 0 Å². The summed E-state index contributed by atoms with van der Waals surface area (Å²) in [5.41, 5.74) is 0. The Morgan fingerprint density at radius 1 is 1.00 bits per heavy atom. The molecule has 2 unspecified atom stereocenters. The average molecular weight is 182 g/mol. The van der Waals surface area contributed by atoms with E-state index in [9.17, 15) is 8.78 Å². The van der Waals surface area contributed by atoms with Crippen LogP contribution in [-0.4, -0.2) is 23.8 Å². The van der Waals surface area contributed by atoms with Crippen LogP contribution in [0.1, 0.15) is 26.7 Å². The lowest BCUT2D eigenvalue weighted by atomic mass is 10.3. The van der Waals surface area contributed by atoms with Gasteiger partial charge in [-0.2, -0.15) is 0 Å². The largest absolute Gasteiger partial charge is 0.250 e. The molecular formula is C8H16F2S. The second-order valence-electron chi connectivity index (χ2n) is 2.51. The van der Waals surface area contributed by atoms with Crippen LogP contribution in [0.5, 0.6) is 0 Å². The van der Waals surface area contributed by atoms with E-state index in [1.165, 1.54) is 11.8 Å². The van der Waals surface area contributed by atoms with Gasteiger partial charge < -0.3 is 0 Å². The predicted octanol–water partition coefficient (Wildman–Crippen LogP) is 3.22. The van der Waals surface area contributed by atoms with Gasteiger partial charge >= 0.3 is 0 Å². The Balaban J connectivity index is 3.58. The maximum absolute atomic E-state index is 12.1. The minimum Gasteiger partial charge on any atom is -0.250 e. The zero-order valence-corrected chi connectivity index (χ0v) is 7.96. The molecule has 0 amide bonds. The summed E-state index contributed by atoms with van der Waals surface area (Å²) in [5.74, 6) is 0. The molecule has 0 bridgehead atoms. The third-order valence-electron chi connectivity index (χ3n) is 1.64. The van der Waals surface area contributed by atoms with Crippen LogP contribution in [0.4, 0.5) is 8.78 Å². The van der Waals surface area contributed by atoms with Gasteiger partial charge in [0.05, 0.1) is 0 Å². The van der Waals surface area contributed by atoms with Crippen LogP contribution in [0.25, 0.3) is 0 Å². The lowest BCUT2D eigenvalue weighted by Gasteiger charge is -2.15. The number of hydrogen-bond donors (Lipinski definition) is 0. The molecule has 0 saturated heterocycles. The summed E-state index contributed by atoms with van der Waals surface area (Å²) in [6, 6.07) is 0. The van der Waals surface area contributed by atoms with Crippen LogP contribution in [0, 0.1) is 0 Å². The standard InChI is InChI=1S/C8H16F2S/c1-3-7(5-9)11-8(4-2)6-10/h7-8H,3-6H2,1-2H3. The average Bonchev–Trinajstić information content (AvgIpc) is 2.07. The number of rotatable bonds is 6. The summed E-state index contributed by atoms with van der Waals surface area (Å²) in [4.78, 5) is 0. The van der Waals surface area contributed by atoms with Gasteiger partial charge in [0.15, 0.2) is 0 Å². The zero-order valence-electron chi connectivity index (χ0n) is 7.15. The number of thioether (sulfide) groups is 1. The third kappa shape index (κ3) is 4.62. The van der Waals surface area contributed by atoms with E-state index in [1.54, 1.807) is 0 Å². The first kappa shape index (κ1) is 11.2. The highest BCUT2D eigenvalue weighted by atomic mass is 32.2. The summed E-state index contributed by atoms with van der Waals surface area (Å²) < 4.78 is 24.3. The minimum absolute atomic E-state index is 0.00398. The molecule has 3 heteroatoms. The fourth-order valence-electron chi connectivity index (χ4n) is 0.756. The van der Waals surface area contributed by atoms with Crippen molar-refractivity contribution in [2.24, 2.45) is 0 Å². The SMILES string of the molecule is CCC(CF)SC(CC)CF. The van der Waals surface area contributed by atoms with Gasteiger partial charge in [-0.05, 0) is 12.8 Å². The first-order valence-corrected chi connectivity index (χ1v) is 5.00. The Labute approximate surface area is 71.7 Å². The molecule has 0 radical (unpaired) electrons. The molecule has 0 saturated carbocycles. The Kier molecular flexibility index (Phi) is 7.02. The molecule has 0 nitrogen and oxygen atoms in total. The lowest BCUT2D eigenvalue weighted by molar-refractivity contribution is 0.463. The molecule has 2 atom stereocenters. The van der Waals surface area contributed by atoms with Crippen molar-refractivity contribution in [2.75, 3.05) is 13.3 Å². The van der Waals surface area contributed by atoms with Crippen LogP contribution in [0.2, 0.25) is 0 Å². The van der Waals surface area contributed by atoms with Crippen molar-refractivity contribution in [3.05, 3.63) is 0 Å². The van der Waals surface area contributed by atoms with Crippen molar-refractivity contribution in [1.29, 1.82) is 0 Å². The second kappa shape index (κ2) is 6.89. The van der Waals surface area contributed by atoms with E-state index in [2.05, 4.69) is 0 Å². The van der Waals surface area contributed by atoms with Gasteiger partial charge in [0, 0.05) is 10.5 Å². The van der Waals surface area contributed by atoms with Crippen molar-refractivity contribution in [2.45, 2.75) is 37.2 Å². The molecule has 0 aliphatic carbocycles. The highest BCUT2D eigenvalue weighted by molar-refractivity contribution is 8.00. The van der Waals surface area contributed by atoms with E-state index in [0.717, 1.165) is 12.8 Å². The van der Waals surface area contributed by atoms with Gasteiger partial charge in [-0.1, -0.05) is 13.8 Å². The van der Waals surface area contributed by atoms with E-state index in [0.29, 0.717) is 0 Å². The maximum Gasteiger partial charge on any atom is 0.101 e. The molecule has 0 aromatic carbocycles. The molecular weight excluding hydrogens is 166 g/mol. The molecule has 0 spiro atoms. The van der Waals surface area contributed by atoms with Crippen LogP contribution < -0.4 is 0 Å². The van der Waals surface area contributed by atoms with Gasteiger partial charge in [0.2, 0.25) is 0 Å². The highest BCUT2D eigenvalue weighted by Crippen LogP contribution is 2.23. The summed E-state index contributed by atoms with van der Waals surface area (Å²) >= 11 is 1.44. The topological polar surface area (TPSA) is 0 Å². The Morgan fingerprint density at radius 2 is 1.36 bits per heavy atom. The van der Waals surface area contributed by atoms with Crippen molar-refractivity contribution in [3.8, 4) is 0 Å². The first-order chi connectivity index (χ1) is 5.28. The Bertz CT molecular complexity index is 70.2. The summed E-state index contributed by atoms with van der Waals surface area (Å²) in [6.07, 6.45) is 1.58. The molecule has 0 aliphatic rings. The number of halogens is 2. The highest BCUT2D eigenvalue weighted by Gasteiger charge is 2.13. The van der Waals surface area contributed by atoms with Gasteiger partial charge in [-0.3, -0.25) is 0 Å². The summed E-state index contributed by atoms with van der Waals surface area (Å²) in [5, 5.41) is -0.00796. The fraction of sp³-hybridized carbons (Fsp3) is 1.00. The van der Waals surface area contributed by atoms with E-state index >= 15 is 0 Å². The van der Waals surface area contributed by atoms with Gasteiger partial charge in [0.25, 0.3) is 0 Å². The summed E-state index contributed by atoms with van der Waals surface area (Å²) in [7, 11) is 0. The van der Waals surface area contributed by atoms with Crippen molar-refractivity contribution < 1.29 is 8.78 Å². The van der Waals surface area contributed by atoms with Crippen molar-refractivity contribution in [1.82, 2.24) is 0 Å². The van der Waals surface area contributed by atoms with Crippen LogP contribution in [0.3, 0.4) is 0 Å². The molecule has 0 aromatic heterocycles. The van der Waals surface area contributed by atoms with Crippen LogP contribution >= 0.6 is 11.8 Å². The van der Waals surface area contributed by atoms with Crippen LogP contribution in [0.15, 0.2) is 0 Å². The van der Waals surface area contributed by atoms with E-state index in [4.69, 9.17) is 0 Å². The van der Waals surface area contributed by atoms with Gasteiger partial charge in [0.1, 0.15) is 13.3 Å². The molecule has 0 aromatic rings. The molecule has 11 heavy (non-hydrogen) atoms. The molecule has 0 rings (SSSR count). The molecule has 68 valence electrons. The predicted molar refractivity (Wildman–Crippen MR) is 47.7 cm³/mol. The summed E-state index contributed by atoms with van der Waals surface area (Å²) in [6.45, 7) is 3.19. The van der Waals surface area contributed by atoms with Gasteiger partial charge in [-0.25, -0.2) is 8.78 Å². The number of hydrogen-bond acceptors (Lipinski definition) is 1. The number of alkyl halides is 2. The van der Waals surface area contributed by atoms with Crippen molar-refractivity contribution >= 4 is 11.8 Å². The molecule has 0 N–H and O–H groups in total. The smallest absolute Gasteiger partial charge is 0.101 e.